The molecule has 1 aliphatic heterocycles. The van der Waals surface area contributed by atoms with Gasteiger partial charge in [0.25, 0.3) is 0 Å². The lowest BCUT2D eigenvalue weighted by Crippen LogP contribution is -2.41. The molecule has 2 heterocycles. The lowest BCUT2D eigenvalue weighted by molar-refractivity contribution is 0.105. The van der Waals surface area contributed by atoms with Crippen molar-refractivity contribution in [2.24, 2.45) is 0 Å². The number of nitrogens with one attached hydrogen (secondary N) is 1. The fourth-order valence-corrected chi connectivity index (χ4v) is 1.66. The third-order valence-electron chi connectivity index (χ3n) is 2.96. The van der Waals surface area contributed by atoms with E-state index in [1.807, 2.05) is 0 Å². The minimum absolute atomic E-state index is 0.0872. The predicted molar refractivity (Wildman–Crippen MR) is 58.5 cm³/mol. The number of nitrogen functional groups attached to an aromatic ring is 1. The molecular weight excluding hydrogens is 192 g/mol. The summed E-state index contributed by atoms with van der Waals surface area (Å²) in [5.41, 5.74) is 6.00. The maximum atomic E-state index is 5.52. The van der Waals surface area contributed by atoms with E-state index < -0.39 is 0 Å². The van der Waals surface area contributed by atoms with Crippen molar-refractivity contribution in [2.75, 3.05) is 17.7 Å². The summed E-state index contributed by atoms with van der Waals surface area (Å²) in [5, 5.41) is 3.29. The van der Waals surface area contributed by atoms with E-state index in [1.54, 1.807) is 12.4 Å². The van der Waals surface area contributed by atoms with Gasteiger partial charge in [-0.1, -0.05) is 0 Å². The van der Waals surface area contributed by atoms with Gasteiger partial charge >= 0.3 is 0 Å². The van der Waals surface area contributed by atoms with Gasteiger partial charge in [0.15, 0.2) is 0 Å². The zero-order valence-corrected chi connectivity index (χ0v) is 9.03. The molecule has 1 saturated heterocycles. The van der Waals surface area contributed by atoms with Gasteiger partial charge in [-0.25, -0.2) is 9.97 Å². The summed E-state index contributed by atoms with van der Waals surface area (Å²) in [4.78, 5) is 8.24. The summed E-state index contributed by atoms with van der Waals surface area (Å²) in [7, 11) is 0. The standard InChI is InChI=1S/C10H16N4O/c1-7-10(2,3-4-15-7)14-9-12-5-8(11)6-13-9/h5-7H,3-4,11H2,1-2H3,(H,12,13,14). The SMILES string of the molecule is CC1OCCC1(C)Nc1ncc(N)cn1. The van der Waals surface area contributed by atoms with E-state index >= 15 is 0 Å². The second-order valence-electron chi connectivity index (χ2n) is 4.15. The fraction of sp³-hybridized carbons (Fsp3) is 0.600. The van der Waals surface area contributed by atoms with E-state index in [0.29, 0.717) is 11.6 Å². The smallest absolute Gasteiger partial charge is 0.223 e. The highest BCUT2D eigenvalue weighted by Gasteiger charge is 2.37. The van der Waals surface area contributed by atoms with Crippen LogP contribution in [-0.4, -0.2) is 28.2 Å². The van der Waals surface area contributed by atoms with E-state index in [-0.39, 0.29) is 11.6 Å². The highest BCUT2D eigenvalue weighted by atomic mass is 16.5. The Balaban J connectivity index is 2.11. The molecule has 5 nitrogen and oxygen atoms in total. The van der Waals surface area contributed by atoms with Gasteiger partial charge in [-0.2, -0.15) is 0 Å². The van der Waals surface area contributed by atoms with Crippen LogP contribution in [0, 0.1) is 0 Å². The molecule has 3 N–H and O–H groups in total. The Kier molecular flexibility index (Phi) is 2.48. The van der Waals surface area contributed by atoms with Crippen LogP contribution in [0.3, 0.4) is 0 Å². The molecule has 5 heteroatoms. The third kappa shape index (κ3) is 2.02. The van der Waals surface area contributed by atoms with Gasteiger partial charge in [0, 0.05) is 6.61 Å². The number of rotatable bonds is 2. The number of ether oxygens (including phenoxy) is 1. The first kappa shape index (κ1) is 10.2. The number of nitrogens with two attached hydrogens (primary N) is 1. The van der Waals surface area contributed by atoms with Crippen LogP contribution in [0.1, 0.15) is 20.3 Å². The minimum atomic E-state index is -0.0872. The average molecular weight is 208 g/mol. The summed E-state index contributed by atoms with van der Waals surface area (Å²) in [6, 6.07) is 0. The normalized spacial score (nSPS) is 30.4. The maximum Gasteiger partial charge on any atom is 0.223 e. The van der Waals surface area contributed by atoms with Crippen molar-refractivity contribution in [1.29, 1.82) is 0 Å². The molecule has 1 aliphatic rings. The summed E-state index contributed by atoms with van der Waals surface area (Å²) in [6.45, 7) is 4.95. The number of aromatic nitrogens is 2. The molecular formula is C10H16N4O. The highest BCUT2D eigenvalue weighted by molar-refractivity contribution is 5.37. The molecule has 15 heavy (non-hydrogen) atoms. The van der Waals surface area contributed by atoms with Crippen molar-refractivity contribution in [3.8, 4) is 0 Å². The molecule has 0 bridgehead atoms. The fourth-order valence-electron chi connectivity index (χ4n) is 1.66. The first-order valence-electron chi connectivity index (χ1n) is 5.07. The summed E-state index contributed by atoms with van der Waals surface area (Å²) >= 11 is 0. The lowest BCUT2D eigenvalue weighted by atomic mass is 9.95. The molecule has 0 spiro atoms. The van der Waals surface area contributed by atoms with Crippen LogP contribution in [0.25, 0.3) is 0 Å². The largest absolute Gasteiger partial charge is 0.396 e. The van der Waals surface area contributed by atoms with Crippen LogP contribution in [-0.2, 0) is 4.74 Å². The van der Waals surface area contributed by atoms with Crippen molar-refractivity contribution in [3.63, 3.8) is 0 Å². The Hall–Kier alpha value is -1.36. The van der Waals surface area contributed by atoms with Crippen LogP contribution in [0.2, 0.25) is 0 Å². The van der Waals surface area contributed by atoms with Gasteiger partial charge in [-0.3, -0.25) is 0 Å². The second-order valence-corrected chi connectivity index (χ2v) is 4.15. The van der Waals surface area contributed by atoms with E-state index in [1.165, 1.54) is 0 Å². The summed E-state index contributed by atoms with van der Waals surface area (Å²) < 4.78 is 5.52. The average Bonchev–Trinajstić information content (AvgIpc) is 2.51. The van der Waals surface area contributed by atoms with E-state index in [0.717, 1.165) is 13.0 Å². The first-order valence-corrected chi connectivity index (χ1v) is 5.07. The molecule has 2 atom stereocenters. The van der Waals surface area contributed by atoms with Crippen molar-refractivity contribution in [1.82, 2.24) is 9.97 Å². The van der Waals surface area contributed by atoms with Crippen molar-refractivity contribution < 1.29 is 4.74 Å². The number of anilines is 2. The van der Waals surface area contributed by atoms with Gasteiger partial charge in [0.05, 0.1) is 29.7 Å². The zero-order valence-electron chi connectivity index (χ0n) is 9.03. The van der Waals surface area contributed by atoms with Crippen LogP contribution in [0.4, 0.5) is 11.6 Å². The molecule has 1 fully saturated rings. The number of hydrogen-bond acceptors (Lipinski definition) is 5. The van der Waals surface area contributed by atoms with Crippen LogP contribution < -0.4 is 11.1 Å². The van der Waals surface area contributed by atoms with Crippen molar-refractivity contribution in [2.45, 2.75) is 31.9 Å². The molecule has 0 saturated carbocycles. The Bertz CT molecular complexity index is 340. The third-order valence-corrected chi connectivity index (χ3v) is 2.96. The quantitative estimate of drug-likeness (QED) is 0.759. The van der Waals surface area contributed by atoms with Gasteiger partial charge < -0.3 is 15.8 Å². The first-order chi connectivity index (χ1) is 7.10. The molecule has 0 aromatic carbocycles. The molecule has 1 aromatic rings. The molecule has 0 radical (unpaired) electrons. The minimum Gasteiger partial charge on any atom is -0.396 e. The van der Waals surface area contributed by atoms with Crippen molar-refractivity contribution in [3.05, 3.63) is 12.4 Å². The number of nitrogens with zero attached hydrogens (tertiary/aromatic N) is 2. The molecule has 2 unspecified atom stereocenters. The molecule has 0 amide bonds. The van der Waals surface area contributed by atoms with Crippen molar-refractivity contribution >= 4 is 11.6 Å². The Labute approximate surface area is 89.1 Å². The number of hydrogen-bond donors (Lipinski definition) is 2. The second kappa shape index (κ2) is 3.66. The van der Waals surface area contributed by atoms with Crippen LogP contribution in [0.5, 0.6) is 0 Å². The van der Waals surface area contributed by atoms with Gasteiger partial charge in [-0.15, -0.1) is 0 Å². The van der Waals surface area contributed by atoms with E-state index in [2.05, 4.69) is 29.1 Å². The topological polar surface area (TPSA) is 73.1 Å². The van der Waals surface area contributed by atoms with Gasteiger partial charge in [-0.05, 0) is 20.3 Å². The van der Waals surface area contributed by atoms with Gasteiger partial charge in [0.2, 0.25) is 5.95 Å². The molecule has 1 aromatic heterocycles. The van der Waals surface area contributed by atoms with Crippen LogP contribution in [0.15, 0.2) is 12.4 Å². The Morgan fingerprint density at radius 3 is 2.73 bits per heavy atom. The van der Waals surface area contributed by atoms with E-state index in [4.69, 9.17) is 10.5 Å². The lowest BCUT2D eigenvalue weighted by Gasteiger charge is -2.28. The van der Waals surface area contributed by atoms with Crippen LogP contribution >= 0.6 is 0 Å². The molecule has 82 valence electrons. The van der Waals surface area contributed by atoms with Gasteiger partial charge in [0.1, 0.15) is 0 Å². The monoisotopic (exact) mass is 208 g/mol. The maximum absolute atomic E-state index is 5.52. The summed E-state index contributed by atoms with van der Waals surface area (Å²) in [5.74, 6) is 0.601. The Morgan fingerprint density at radius 1 is 1.53 bits per heavy atom. The molecule has 2 rings (SSSR count). The van der Waals surface area contributed by atoms with E-state index in [9.17, 15) is 0 Å². The zero-order chi connectivity index (χ0) is 10.9. The molecule has 0 aliphatic carbocycles. The summed E-state index contributed by atoms with van der Waals surface area (Å²) in [6.07, 6.45) is 4.32. The highest BCUT2D eigenvalue weighted by Crippen LogP contribution is 2.28. The predicted octanol–water partition coefficient (Wildman–Crippen LogP) is 1.04. The Morgan fingerprint density at radius 2 is 2.20 bits per heavy atom.